The smallest absolute Gasteiger partial charge is 0.191 e. The van der Waals surface area contributed by atoms with Gasteiger partial charge < -0.3 is 10.6 Å². The molecule has 1 aliphatic carbocycles. The molecule has 5 nitrogen and oxygen atoms in total. The Morgan fingerprint density at radius 3 is 2.59 bits per heavy atom. The average Bonchev–Trinajstić information content (AvgIpc) is 3.18. The lowest BCUT2D eigenvalue weighted by Crippen LogP contribution is -2.39. The van der Waals surface area contributed by atoms with Crippen LogP contribution in [0.5, 0.6) is 0 Å². The normalized spacial score (nSPS) is 21.5. The topological polar surface area (TPSA) is 70.6 Å². The molecule has 0 aromatic heterocycles. The van der Waals surface area contributed by atoms with Crippen LogP contribution in [-0.2, 0) is 15.6 Å². The molecule has 22 heavy (non-hydrogen) atoms. The van der Waals surface area contributed by atoms with Crippen LogP contribution in [-0.4, -0.2) is 39.8 Å². The molecule has 1 saturated carbocycles. The summed E-state index contributed by atoms with van der Waals surface area (Å²) in [6.45, 7) is 2.80. The minimum absolute atomic E-state index is 0.112. The summed E-state index contributed by atoms with van der Waals surface area (Å²) >= 11 is 0. The lowest BCUT2D eigenvalue weighted by molar-refractivity contribution is 0.591. The first-order chi connectivity index (χ1) is 10.5. The number of nitrogens with one attached hydrogen (secondary N) is 2. The first-order valence-electron chi connectivity index (χ1n) is 7.72. The van der Waals surface area contributed by atoms with Gasteiger partial charge in [-0.1, -0.05) is 37.3 Å². The summed E-state index contributed by atoms with van der Waals surface area (Å²) in [5.41, 5.74) is 0.843. The molecule has 0 amide bonds. The van der Waals surface area contributed by atoms with Crippen LogP contribution in [0.3, 0.4) is 0 Å². The molecule has 6 heteroatoms. The van der Waals surface area contributed by atoms with E-state index in [1.807, 2.05) is 30.3 Å². The summed E-state index contributed by atoms with van der Waals surface area (Å²) in [5.74, 6) is 1.76. The minimum Gasteiger partial charge on any atom is -0.356 e. The van der Waals surface area contributed by atoms with E-state index >= 15 is 0 Å². The van der Waals surface area contributed by atoms with E-state index in [4.69, 9.17) is 0 Å². The van der Waals surface area contributed by atoms with Gasteiger partial charge in [-0.25, -0.2) is 8.42 Å². The Kier molecular flexibility index (Phi) is 5.83. The largest absolute Gasteiger partial charge is 0.356 e. The van der Waals surface area contributed by atoms with E-state index < -0.39 is 9.84 Å². The summed E-state index contributed by atoms with van der Waals surface area (Å²) < 4.78 is 24.1. The van der Waals surface area contributed by atoms with Crippen molar-refractivity contribution in [1.29, 1.82) is 0 Å². The molecule has 1 fully saturated rings. The second-order valence-electron chi connectivity index (χ2n) is 5.89. The highest BCUT2D eigenvalue weighted by Crippen LogP contribution is 2.28. The Morgan fingerprint density at radius 2 is 2.00 bits per heavy atom. The van der Waals surface area contributed by atoms with Gasteiger partial charge >= 0.3 is 0 Å². The van der Waals surface area contributed by atoms with Crippen LogP contribution in [0.2, 0.25) is 0 Å². The predicted molar refractivity (Wildman–Crippen MR) is 90.6 cm³/mol. The molecule has 122 valence electrons. The zero-order chi connectivity index (χ0) is 16.0. The van der Waals surface area contributed by atoms with E-state index in [1.54, 1.807) is 7.05 Å². The van der Waals surface area contributed by atoms with Crippen molar-refractivity contribution in [2.24, 2.45) is 10.9 Å². The van der Waals surface area contributed by atoms with Crippen LogP contribution in [0, 0.1) is 5.92 Å². The highest BCUT2D eigenvalue weighted by Gasteiger charge is 2.33. The Hall–Kier alpha value is -1.56. The molecule has 2 unspecified atom stereocenters. The Morgan fingerprint density at radius 1 is 1.32 bits per heavy atom. The van der Waals surface area contributed by atoms with E-state index in [0.717, 1.165) is 11.5 Å². The number of aliphatic imine (C=N–C) groups is 1. The van der Waals surface area contributed by atoms with E-state index in [9.17, 15) is 8.42 Å². The predicted octanol–water partition coefficient (Wildman–Crippen LogP) is 1.56. The van der Waals surface area contributed by atoms with Crippen molar-refractivity contribution >= 4 is 15.8 Å². The van der Waals surface area contributed by atoms with Crippen LogP contribution in [0.4, 0.5) is 0 Å². The standard InChI is InChI=1S/C16H25N3O2S/c1-13-11-15(13)19-16(17-2)18-9-6-10-22(20,21)12-14-7-4-3-5-8-14/h3-5,7-8,13,15H,6,9-12H2,1-2H3,(H2,17,18,19). The molecule has 0 spiro atoms. The Labute approximate surface area is 133 Å². The van der Waals surface area contributed by atoms with Crippen LogP contribution < -0.4 is 10.6 Å². The van der Waals surface area contributed by atoms with Crippen LogP contribution in [0.25, 0.3) is 0 Å². The van der Waals surface area contributed by atoms with Gasteiger partial charge in [-0.2, -0.15) is 0 Å². The number of nitrogens with zero attached hydrogens (tertiary/aromatic N) is 1. The van der Waals surface area contributed by atoms with Crippen LogP contribution in [0.15, 0.2) is 35.3 Å². The number of guanidine groups is 1. The second-order valence-corrected chi connectivity index (χ2v) is 8.08. The summed E-state index contributed by atoms with van der Waals surface area (Å²) in [7, 11) is -1.33. The molecule has 1 aliphatic rings. The van der Waals surface area contributed by atoms with Gasteiger partial charge in [-0.05, 0) is 24.3 Å². The minimum atomic E-state index is -3.06. The van der Waals surface area contributed by atoms with Crippen molar-refractivity contribution in [1.82, 2.24) is 10.6 Å². The lowest BCUT2D eigenvalue weighted by Gasteiger charge is -2.11. The average molecular weight is 323 g/mol. The highest BCUT2D eigenvalue weighted by atomic mass is 32.2. The van der Waals surface area contributed by atoms with Gasteiger partial charge in [0, 0.05) is 19.6 Å². The third-order valence-corrected chi connectivity index (χ3v) is 5.49. The number of hydrogen-bond donors (Lipinski definition) is 2. The Bertz CT molecular complexity index is 599. The zero-order valence-electron chi connectivity index (χ0n) is 13.2. The van der Waals surface area contributed by atoms with Crippen molar-refractivity contribution in [3.63, 3.8) is 0 Å². The third-order valence-electron chi connectivity index (χ3n) is 3.81. The summed E-state index contributed by atoms with van der Waals surface area (Å²) in [4.78, 5) is 4.15. The summed E-state index contributed by atoms with van der Waals surface area (Å²) in [5, 5.41) is 6.49. The van der Waals surface area contributed by atoms with Gasteiger partial charge in [0.15, 0.2) is 15.8 Å². The molecule has 0 heterocycles. The molecule has 0 radical (unpaired) electrons. The molecule has 2 N–H and O–H groups in total. The molecule has 2 rings (SSSR count). The van der Waals surface area contributed by atoms with Gasteiger partial charge in [0.25, 0.3) is 0 Å². The molecule has 0 bridgehead atoms. The fourth-order valence-electron chi connectivity index (χ4n) is 2.29. The first-order valence-corrected chi connectivity index (χ1v) is 9.54. The van der Waals surface area contributed by atoms with Crippen molar-refractivity contribution in [3.05, 3.63) is 35.9 Å². The molecule has 1 aromatic carbocycles. The van der Waals surface area contributed by atoms with Gasteiger partial charge in [-0.3, -0.25) is 4.99 Å². The van der Waals surface area contributed by atoms with Crippen LogP contribution >= 0.6 is 0 Å². The maximum atomic E-state index is 12.1. The zero-order valence-corrected chi connectivity index (χ0v) is 14.1. The van der Waals surface area contributed by atoms with Gasteiger partial charge in [0.2, 0.25) is 0 Å². The van der Waals surface area contributed by atoms with E-state index in [-0.39, 0.29) is 11.5 Å². The summed E-state index contributed by atoms with van der Waals surface area (Å²) in [6.07, 6.45) is 1.75. The lowest BCUT2D eigenvalue weighted by atomic mass is 10.2. The molecule has 2 atom stereocenters. The van der Waals surface area contributed by atoms with Crippen molar-refractivity contribution < 1.29 is 8.42 Å². The fourth-order valence-corrected chi connectivity index (χ4v) is 3.72. The van der Waals surface area contributed by atoms with Crippen molar-refractivity contribution in [3.8, 4) is 0 Å². The number of sulfone groups is 1. The molecule has 1 aromatic rings. The van der Waals surface area contributed by atoms with Crippen molar-refractivity contribution in [2.75, 3.05) is 19.3 Å². The van der Waals surface area contributed by atoms with Gasteiger partial charge in [0.1, 0.15) is 0 Å². The number of hydrogen-bond acceptors (Lipinski definition) is 3. The quantitative estimate of drug-likeness (QED) is 0.454. The number of rotatable bonds is 7. The van der Waals surface area contributed by atoms with E-state index in [1.165, 1.54) is 6.42 Å². The highest BCUT2D eigenvalue weighted by molar-refractivity contribution is 7.90. The monoisotopic (exact) mass is 323 g/mol. The maximum Gasteiger partial charge on any atom is 0.191 e. The van der Waals surface area contributed by atoms with Crippen LogP contribution in [0.1, 0.15) is 25.3 Å². The summed E-state index contributed by atoms with van der Waals surface area (Å²) in [6, 6.07) is 9.81. The second kappa shape index (κ2) is 7.63. The SMILES string of the molecule is CN=C(NCCCS(=O)(=O)Cc1ccccc1)NC1CC1C. The molecular weight excluding hydrogens is 298 g/mol. The molecular formula is C16H25N3O2S. The maximum absolute atomic E-state index is 12.1. The first kappa shape index (κ1) is 16.8. The van der Waals surface area contributed by atoms with E-state index in [0.29, 0.717) is 24.9 Å². The third kappa shape index (κ3) is 5.67. The Balaban J connectivity index is 1.68. The van der Waals surface area contributed by atoms with Crippen molar-refractivity contribution in [2.45, 2.75) is 31.6 Å². The fraction of sp³-hybridized carbons (Fsp3) is 0.562. The molecule has 0 aliphatic heterocycles. The van der Waals surface area contributed by atoms with Gasteiger partial charge in [-0.15, -0.1) is 0 Å². The number of benzene rings is 1. The molecule has 0 saturated heterocycles. The van der Waals surface area contributed by atoms with Gasteiger partial charge in [0.05, 0.1) is 11.5 Å². The van der Waals surface area contributed by atoms with E-state index in [2.05, 4.69) is 22.5 Å².